The van der Waals surface area contributed by atoms with Crippen molar-refractivity contribution in [3.63, 3.8) is 0 Å². The Kier molecular flexibility index (Phi) is 6.51. The van der Waals surface area contributed by atoms with Crippen molar-refractivity contribution in [1.82, 2.24) is 0 Å². The number of nitrogens with zero attached hydrogens (tertiary/aromatic N) is 1. The summed E-state index contributed by atoms with van der Waals surface area (Å²) in [5, 5.41) is 2.64. The van der Waals surface area contributed by atoms with Crippen LogP contribution in [0.3, 0.4) is 0 Å². The molecular weight excluding hydrogens is 272 g/mol. The predicted molar refractivity (Wildman–Crippen MR) is 73.7 cm³/mol. The third-order valence-corrected chi connectivity index (χ3v) is 1.45. The van der Waals surface area contributed by atoms with Gasteiger partial charge in [0.05, 0.1) is 11.9 Å². The van der Waals surface area contributed by atoms with Crippen LogP contribution in [0, 0.1) is 0 Å². The summed E-state index contributed by atoms with van der Waals surface area (Å²) in [5.41, 5.74) is 11.8. The van der Waals surface area contributed by atoms with Crippen molar-refractivity contribution in [1.29, 1.82) is 0 Å². The van der Waals surface area contributed by atoms with Gasteiger partial charge in [0.15, 0.2) is 5.96 Å². The minimum Gasteiger partial charge on any atom is -0.370 e. The average molecular weight is 288 g/mol. The molecule has 106 valence electrons. The monoisotopic (exact) mass is 288 g/mol. The zero-order chi connectivity index (χ0) is 15.1. The van der Waals surface area contributed by atoms with Crippen LogP contribution in [0.5, 0.6) is 0 Å². The molecule has 0 atom stereocenters. The summed E-state index contributed by atoms with van der Waals surface area (Å²) >= 11 is 0. The number of nitrogens with one attached hydrogen (secondary N) is 1. The highest BCUT2D eigenvalue weighted by Crippen LogP contribution is 2.15. The van der Waals surface area contributed by atoms with E-state index in [0.29, 0.717) is 17.6 Å². The van der Waals surface area contributed by atoms with Gasteiger partial charge in [-0.2, -0.15) is 8.42 Å². The first-order valence-corrected chi connectivity index (χ1v) is 6.82. The van der Waals surface area contributed by atoms with E-state index in [2.05, 4.69) is 10.3 Å². The smallest absolute Gasteiger partial charge is 0.261 e. The van der Waals surface area contributed by atoms with Gasteiger partial charge in [-0.3, -0.25) is 9.35 Å². The molecule has 6 N–H and O–H groups in total. The van der Waals surface area contributed by atoms with Gasteiger partial charge in [0.25, 0.3) is 10.1 Å². The lowest BCUT2D eigenvalue weighted by Gasteiger charge is -2.01. The summed E-state index contributed by atoms with van der Waals surface area (Å²) in [6, 6.07) is 6.88. The van der Waals surface area contributed by atoms with E-state index in [-0.39, 0.29) is 11.9 Å². The molecule has 1 aromatic rings. The number of anilines is 1. The number of carbonyl (C=O) groups is 1. The topological polar surface area (TPSA) is 148 Å². The number of nitrogens with two attached hydrogens (primary N) is 2. The van der Waals surface area contributed by atoms with E-state index in [4.69, 9.17) is 16.0 Å². The van der Waals surface area contributed by atoms with Gasteiger partial charge in [-0.25, -0.2) is 4.99 Å². The molecule has 1 rings (SSSR count). The Labute approximate surface area is 111 Å². The minimum atomic E-state index is -3.67. The van der Waals surface area contributed by atoms with Crippen LogP contribution in [0.15, 0.2) is 29.3 Å². The first-order valence-electron chi connectivity index (χ1n) is 4.97. The van der Waals surface area contributed by atoms with Gasteiger partial charge in [0, 0.05) is 12.6 Å². The summed E-state index contributed by atoms with van der Waals surface area (Å²) in [6.45, 7) is 1.45. The summed E-state index contributed by atoms with van der Waals surface area (Å²) < 4.78 is 25.9. The summed E-state index contributed by atoms with van der Waals surface area (Å²) in [6.07, 6.45) is 0.715. The Morgan fingerprint density at radius 2 is 1.68 bits per heavy atom. The molecule has 0 aliphatic heterocycles. The van der Waals surface area contributed by atoms with Gasteiger partial charge in [0.2, 0.25) is 5.91 Å². The number of guanidine groups is 1. The van der Waals surface area contributed by atoms with Crippen molar-refractivity contribution < 1.29 is 17.8 Å². The molecule has 0 saturated heterocycles. The van der Waals surface area contributed by atoms with Gasteiger partial charge < -0.3 is 16.8 Å². The van der Waals surface area contributed by atoms with Crippen molar-refractivity contribution >= 4 is 33.4 Å². The molecule has 0 saturated carbocycles. The molecule has 0 aromatic heterocycles. The normalized spacial score (nSPS) is 9.84. The molecule has 0 radical (unpaired) electrons. The minimum absolute atomic E-state index is 0.0114. The zero-order valence-electron chi connectivity index (χ0n) is 10.5. The number of benzene rings is 1. The molecule has 9 heteroatoms. The quantitative estimate of drug-likeness (QED) is 0.343. The van der Waals surface area contributed by atoms with Crippen molar-refractivity contribution in [3.05, 3.63) is 24.3 Å². The first-order chi connectivity index (χ1) is 8.58. The van der Waals surface area contributed by atoms with Gasteiger partial charge in [-0.05, 0) is 24.3 Å². The second kappa shape index (κ2) is 7.34. The molecule has 0 unspecified atom stereocenters. The van der Waals surface area contributed by atoms with Crippen LogP contribution in [0.1, 0.15) is 6.92 Å². The molecule has 0 bridgehead atoms. The maximum absolute atomic E-state index is 10.7. The standard InChI is InChI=1S/C9H12N4O.CH4O3S/c1-6(14)12-7-2-4-8(5-3-7)13-9(10)11;1-5(2,3)4/h2-5H,1H3,(H,12,14)(H4,10,11,13);1H3,(H,2,3,4). The van der Waals surface area contributed by atoms with E-state index in [9.17, 15) is 13.2 Å². The lowest BCUT2D eigenvalue weighted by molar-refractivity contribution is -0.114. The number of carbonyl (C=O) groups excluding carboxylic acids is 1. The molecule has 0 fully saturated rings. The van der Waals surface area contributed by atoms with E-state index in [0.717, 1.165) is 0 Å². The van der Waals surface area contributed by atoms with Gasteiger partial charge in [-0.15, -0.1) is 0 Å². The number of aliphatic imine (C=N–C) groups is 1. The lowest BCUT2D eigenvalue weighted by atomic mass is 10.3. The number of rotatable bonds is 2. The highest BCUT2D eigenvalue weighted by molar-refractivity contribution is 7.85. The number of amides is 1. The fraction of sp³-hybridized carbons (Fsp3) is 0.200. The molecule has 8 nitrogen and oxygen atoms in total. The van der Waals surface area contributed by atoms with Crippen LogP contribution in [-0.4, -0.2) is 31.1 Å². The highest BCUT2D eigenvalue weighted by Gasteiger charge is 1.95. The van der Waals surface area contributed by atoms with E-state index in [1.165, 1.54) is 6.92 Å². The Morgan fingerprint density at radius 3 is 2.00 bits per heavy atom. The second-order valence-corrected chi connectivity index (χ2v) is 4.96. The number of hydrogen-bond donors (Lipinski definition) is 4. The third-order valence-electron chi connectivity index (χ3n) is 1.45. The molecule has 0 aliphatic carbocycles. The van der Waals surface area contributed by atoms with Crippen LogP contribution in [0.25, 0.3) is 0 Å². The summed E-state index contributed by atoms with van der Waals surface area (Å²) in [4.78, 5) is 14.5. The van der Waals surface area contributed by atoms with Crippen molar-refractivity contribution in [2.75, 3.05) is 11.6 Å². The van der Waals surface area contributed by atoms with Crippen molar-refractivity contribution in [2.24, 2.45) is 16.5 Å². The van der Waals surface area contributed by atoms with E-state index in [1.807, 2.05) is 0 Å². The SMILES string of the molecule is CC(=O)Nc1ccc(N=C(N)N)cc1.CS(=O)(=O)O. The Bertz CT molecular complexity index is 539. The van der Waals surface area contributed by atoms with Gasteiger partial charge in [-0.1, -0.05) is 0 Å². The van der Waals surface area contributed by atoms with E-state index < -0.39 is 10.1 Å². The maximum atomic E-state index is 10.7. The molecule has 0 aliphatic rings. The lowest BCUT2D eigenvalue weighted by Crippen LogP contribution is -2.21. The van der Waals surface area contributed by atoms with Crippen LogP contribution in [0.2, 0.25) is 0 Å². The predicted octanol–water partition coefficient (Wildman–Crippen LogP) is 0.0539. The fourth-order valence-electron chi connectivity index (χ4n) is 0.972. The van der Waals surface area contributed by atoms with E-state index >= 15 is 0 Å². The first kappa shape index (κ1) is 16.9. The molecule has 1 amide bonds. The Morgan fingerprint density at radius 1 is 1.26 bits per heavy atom. The fourth-order valence-corrected chi connectivity index (χ4v) is 0.972. The largest absolute Gasteiger partial charge is 0.370 e. The van der Waals surface area contributed by atoms with Crippen LogP contribution in [-0.2, 0) is 14.9 Å². The van der Waals surface area contributed by atoms with Gasteiger partial charge >= 0.3 is 0 Å². The zero-order valence-corrected chi connectivity index (χ0v) is 11.3. The Balaban J connectivity index is 0.000000555. The summed E-state index contributed by atoms with van der Waals surface area (Å²) in [5.74, 6) is -0.100. The second-order valence-electron chi connectivity index (χ2n) is 3.50. The molecule has 0 spiro atoms. The third kappa shape index (κ3) is 12.1. The van der Waals surface area contributed by atoms with Crippen LogP contribution >= 0.6 is 0 Å². The van der Waals surface area contributed by atoms with Crippen molar-refractivity contribution in [2.45, 2.75) is 6.92 Å². The van der Waals surface area contributed by atoms with Crippen LogP contribution in [0.4, 0.5) is 11.4 Å². The molecule has 1 aromatic carbocycles. The number of hydrogen-bond acceptors (Lipinski definition) is 4. The molecule has 19 heavy (non-hydrogen) atoms. The average Bonchev–Trinajstić information content (AvgIpc) is 2.16. The Hall–Kier alpha value is -2.13. The van der Waals surface area contributed by atoms with Gasteiger partial charge in [0.1, 0.15) is 0 Å². The molecular formula is C10H16N4O4S. The van der Waals surface area contributed by atoms with Crippen molar-refractivity contribution in [3.8, 4) is 0 Å². The van der Waals surface area contributed by atoms with Crippen LogP contribution < -0.4 is 16.8 Å². The van der Waals surface area contributed by atoms with E-state index in [1.54, 1.807) is 24.3 Å². The summed E-state index contributed by atoms with van der Waals surface area (Å²) in [7, 11) is -3.67. The maximum Gasteiger partial charge on any atom is 0.261 e. The highest BCUT2D eigenvalue weighted by atomic mass is 32.2. The molecule has 0 heterocycles.